The number of hydrogen-bond donors (Lipinski definition) is 4. The number of anilines is 2. The number of rotatable bonds is 22. The van der Waals surface area contributed by atoms with Crippen molar-refractivity contribution >= 4 is 41.4 Å². The zero-order chi connectivity index (χ0) is 34.0. The highest BCUT2D eigenvalue weighted by Crippen LogP contribution is 2.31. The van der Waals surface area contributed by atoms with Crippen LogP contribution in [-0.2, 0) is 39.9 Å². The molecule has 5 N–H and O–H groups in total. The lowest BCUT2D eigenvalue weighted by atomic mass is 10.1. The summed E-state index contributed by atoms with van der Waals surface area (Å²) in [5.41, 5.74) is 8.39. The summed E-state index contributed by atoms with van der Waals surface area (Å²) in [6.07, 6.45) is 0.840. The van der Waals surface area contributed by atoms with Gasteiger partial charge in [-0.1, -0.05) is 6.07 Å². The van der Waals surface area contributed by atoms with Gasteiger partial charge in [0.15, 0.2) is 0 Å². The van der Waals surface area contributed by atoms with Crippen LogP contribution in [0.1, 0.15) is 46.0 Å². The van der Waals surface area contributed by atoms with Crippen molar-refractivity contribution in [2.45, 2.75) is 32.4 Å². The predicted molar refractivity (Wildman–Crippen MR) is 171 cm³/mol. The van der Waals surface area contributed by atoms with E-state index in [-0.39, 0.29) is 50.0 Å². The molecule has 0 radical (unpaired) electrons. The van der Waals surface area contributed by atoms with E-state index in [1.165, 1.54) is 7.11 Å². The largest absolute Gasteiger partial charge is 0.495 e. The Bertz CT molecular complexity index is 1370. The summed E-state index contributed by atoms with van der Waals surface area (Å²) in [5, 5.41) is 7.66. The Morgan fingerprint density at radius 2 is 1.64 bits per heavy atom. The first-order chi connectivity index (χ1) is 22.7. The second-order valence-corrected chi connectivity index (χ2v) is 10.5. The number of nitrogens with zero attached hydrogens (tertiary/aromatic N) is 1. The molecule has 3 rings (SSSR count). The van der Waals surface area contributed by atoms with E-state index < -0.39 is 5.91 Å². The van der Waals surface area contributed by atoms with Crippen molar-refractivity contribution in [2.75, 3.05) is 77.6 Å². The summed E-state index contributed by atoms with van der Waals surface area (Å²) in [4.78, 5) is 61.3. The summed E-state index contributed by atoms with van der Waals surface area (Å²) in [7, 11) is 1.49. The van der Waals surface area contributed by atoms with Gasteiger partial charge in [-0.25, -0.2) is 0 Å². The minimum absolute atomic E-state index is 0.112. The first-order valence-corrected chi connectivity index (χ1v) is 15.2. The number of carbonyl (C=O) groups excluding carboxylic acids is 5. The smallest absolute Gasteiger partial charge is 0.254 e. The van der Waals surface area contributed by atoms with Gasteiger partial charge in [-0.3, -0.25) is 29.3 Å². The molecule has 15 nitrogen and oxygen atoms in total. The van der Waals surface area contributed by atoms with Crippen LogP contribution in [-0.4, -0.2) is 107 Å². The molecule has 0 spiro atoms. The van der Waals surface area contributed by atoms with Gasteiger partial charge in [-0.2, -0.15) is 0 Å². The quantitative estimate of drug-likeness (QED) is 0.0804. The van der Waals surface area contributed by atoms with Crippen molar-refractivity contribution in [1.29, 1.82) is 0 Å². The average molecular weight is 658 g/mol. The van der Waals surface area contributed by atoms with Gasteiger partial charge in [0.25, 0.3) is 11.8 Å². The zero-order valence-corrected chi connectivity index (χ0v) is 26.7. The zero-order valence-electron chi connectivity index (χ0n) is 26.7. The van der Waals surface area contributed by atoms with Crippen molar-refractivity contribution in [2.24, 2.45) is 0 Å². The monoisotopic (exact) mass is 657 g/mol. The van der Waals surface area contributed by atoms with Crippen LogP contribution in [0.3, 0.4) is 0 Å². The Kier molecular flexibility index (Phi) is 15.6. The van der Waals surface area contributed by atoms with Crippen LogP contribution in [0.2, 0.25) is 0 Å². The van der Waals surface area contributed by atoms with E-state index in [1.807, 2.05) is 6.92 Å². The molecule has 0 saturated carbocycles. The molecule has 1 aliphatic rings. The standard InChI is InChI=1S/C32H43N5O10/c1-22(6-9-29(39)35-21-38)37-19-25-24(32(37)42)4-3-5-27(25)36-30(40)20-47-17-16-46-15-14-45-13-12-44-11-10-34-31(41)23-7-8-26(33)28(18-23)43-2/h3-5,7-8,18,21-22H,6,9-17,19-20,33H2,1-2H3,(H,34,41)(H,36,40)(H,35,38,39). The normalized spacial score (nSPS) is 12.7. The Balaban J connectivity index is 1.19. The van der Waals surface area contributed by atoms with Crippen LogP contribution in [0.5, 0.6) is 5.75 Å². The summed E-state index contributed by atoms with van der Waals surface area (Å²) < 4.78 is 26.9. The van der Waals surface area contributed by atoms with Crippen molar-refractivity contribution < 1.29 is 47.7 Å². The van der Waals surface area contributed by atoms with Crippen molar-refractivity contribution in [1.82, 2.24) is 15.5 Å². The molecule has 0 aliphatic carbocycles. The molecular formula is C32H43N5O10. The number of nitrogens with two attached hydrogens (primary N) is 1. The van der Waals surface area contributed by atoms with Gasteiger partial charge < -0.3 is 45.0 Å². The highest BCUT2D eigenvalue weighted by atomic mass is 16.6. The third-order valence-electron chi connectivity index (χ3n) is 7.19. The lowest BCUT2D eigenvalue weighted by Gasteiger charge is -2.24. The van der Waals surface area contributed by atoms with E-state index in [2.05, 4.69) is 16.0 Å². The van der Waals surface area contributed by atoms with Crippen LogP contribution in [0.4, 0.5) is 11.4 Å². The SMILES string of the molecule is COc1cc(C(=O)NCCOCCOCCOCCOCC(=O)Nc2cccc3c2CN(C(C)CCC(=O)NC=O)C3=O)ccc1N. The van der Waals surface area contributed by atoms with Crippen LogP contribution in [0.15, 0.2) is 36.4 Å². The number of amides is 5. The number of carbonyl (C=O) groups is 5. The molecule has 2 aromatic rings. The van der Waals surface area contributed by atoms with Crippen molar-refractivity contribution in [3.63, 3.8) is 0 Å². The fourth-order valence-electron chi connectivity index (χ4n) is 4.66. The van der Waals surface area contributed by atoms with Gasteiger partial charge in [-0.15, -0.1) is 0 Å². The number of imide groups is 1. The molecule has 256 valence electrons. The molecule has 1 atom stereocenters. The van der Waals surface area contributed by atoms with Crippen LogP contribution < -0.4 is 26.4 Å². The molecule has 5 amide bonds. The Morgan fingerprint density at radius 3 is 2.32 bits per heavy atom. The Labute approximate surface area is 273 Å². The molecule has 15 heteroatoms. The first kappa shape index (κ1) is 36.9. The van der Waals surface area contributed by atoms with Gasteiger partial charge in [0, 0.05) is 47.9 Å². The minimum Gasteiger partial charge on any atom is -0.495 e. The highest BCUT2D eigenvalue weighted by molar-refractivity contribution is 6.02. The molecule has 2 aromatic carbocycles. The molecule has 0 aromatic heterocycles. The number of methoxy groups -OCH3 is 1. The maximum Gasteiger partial charge on any atom is 0.254 e. The van der Waals surface area contributed by atoms with E-state index in [0.717, 1.165) is 0 Å². The highest BCUT2D eigenvalue weighted by Gasteiger charge is 2.32. The second kappa shape index (κ2) is 19.8. The molecule has 1 aliphatic heterocycles. The topological polar surface area (TPSA) is 197 Å². The molecule has 0 saturated heterocycles. The molecule has 47 heavy (non-hydrogen) atoms. The molecule has 0 fully saturated rings. The van der Waals surface area contributed by atoms with Gasteiger partial charge >= 0.3 is 0 Å². The molecular weight excluding hydrogens is 614 g/mol. The summed E-state index contributed by atoms with van der Waals surface area (Å²) in [5.74, 6) is -0.756. The van der Waals surface area contributed by atoms with Gasteiger partial charge in [0.05, 0.1) is 59.0 Å². The lowest BCUT2D eigenvalue weighted by molar-refractivity contribution is -0.125. The predicted octanol–water partition coefficient (Wildman–Crippen LogP) is 1.11. The maximum atomic E-state index is 12.9. The van der Waals surface area contributed by atoms with Crippen LogP contribution in [0, 0.1) is 0 Å². The average Bonchev–Trinajstić information content (AvgIpc) is 3.41. The van der Waals surface area contributed by atoms with Gasteiger partial charge in [-0.05, 0) is 43.7 Å². The Hall–Kier alpha value is -4.57. The number of nitrogens with one attached hydrogen (secondary N) is 3. The number of fused-ring (bicyclic) bond motifs is 1. The van der Waals surface area contributed by atoms with Crippen LogP contribution in [0.25, 0.3) is 0 Å². The number of hydrogen-bond acceptors (Lipinski definition) is 11. The lowest BCUT2D eigenvalue weighted by Crippen LogP contribution is -2.34. The van der Waals surface area contributed by atoms with E-state index in [9.17, 15) is 24.0 Å². The fraction of sp³-hybridized carbons (Fsp3) is 0.469. The molecule has 1 heterocycles. The number of nitrogen functional groups attached to an aromatic ring is 1. The third-order valence-corrected chi connectivity index (χ3v) is 7.19. The van der Waals surface area contributed by atoms with E-state index in [1.54, 1.807) is 41.3 Å². The van der Waals surface area contributed by atoms with E-state index in [4.69, 9.17) is 29.4 Å². The van der Waals surface area contributed by atoms with Crippen LogP contribution >= 0.6 is 0 Å². The van der Waals surface area contributed by atoms with Gasteiger partial charge in [0.2, 0.25) is 18.2 Å². The third kappa shape index (κ3) is 11.9. The number of benzene rings is 2. The van der Waals surface area contributed by atoms with Gasteiger partial charge in [0.1, 0.15) is 12.4 Å². The van der Waals surface area contributed by atoms with Crippen molar-refractivity contribution in [3.8, 4) is 5.75 Å². The Morgan fingerprint density at radius 1 is 0.957 bits per heavy atom. The fourth-order valence-corrected chi connectivity index (χ4v) is 4.66. The maximum absolute atomic E-state index is 12.9. The number of ether oxygens (including phenoxy) is 5. The first-order valence-electron chi connectivity index (χ1n) is 15.2. The molecule has 1 unspecified atom stereocenters. The summed E-state index contributed by atoms with van der Waals surface area (Å²) in [6, 6.07) is 9.70. The minimum atomic E-state index is -0.404. The summed E-state index contributed by atoms with van der Waals surface area (Å²) >= 11 is 0. The molecule has 0 bridgehead atoms. The van der Waals surface area contributed by atoms with E-state index in [0.29, 0.717) is 92.8 Å². The summed E-state index contributed by atoms with van der Waals surface area (Å²) in [6.45, 7) is 4.53. The van der Waals surface area contributed by atoms with Crippen molar-refractivity contribution in [3.05, 3.63) is 53.1 Å². The van der Waals surface area contributed by atoms with E-state index >= 15 is 0 Å². The second-order valence-electron chi connectivity index (χ2n) is 10.5.